The second-order valence-corrected chi connectivity index (χ2v) is 20.1. The van der Waals surface area contributed by atoms with E-state index in [0.717, 1.165) is 5.56 Å². The van der Waals surface area contributed by atoms with Crippen LogP contribution in [-0.4, -0.2) is 171 Å². The highest BCUT2D eigenvalue weighted by Gasteiger charge is 2.43. The van der Waals surface area contributed by atoms with E-state index in [1.54, 1.807) is 23.8 Å². The van der Waals surface area contributed by atoms with Crippen molar-refractivity contribution in [1.82, 2.24) is 36.0 Å². The first-order chi connectivity index (χ1) is 33.4. The van der Waals surface area contributed by atoms with Crippen molar-refractivity contribution in [3.05, 3.63) is 35.9 Å². The molecule has 1 aliphatic rings. The topological polar surface area (TPSA) is 242 Å². The number of likely N-dealkylation sites (N-methyl/N-ethyl adjacent to an activating group) is 2. The number of likely N-dealkylation sites (tertiary alicyclic amines) is 1. The molecule has 0 bridgehead atoms. The van der Waals surface area contributed by atoms with Crippen molar-refractivity contribution < 1.29 is 57.7 Å². The van der Waals surface area contributed by atoms with E-state index in [-0.39, 0.29) is 80.7 Å². The molecule has 0 aliphatic carbocycles. The fraction of sp³-hybridized carbons (Fsp3) is 0.731. The van der Waals surface area contributed by atoms with E-state index in [4.69, 9.17) is 19.3 Å². The molecule has 1 aliphatic heterocycles. The van der Waals surface area contributed by atoms with Gasteiger partial charge in [0.2, 0.25) is 35.4 Å². The Bertz CT molecular complexity index is 1880. The smallest absolute Gasteiger partial charge is 0.328 e. The molecule has 1 aromatic rings. The molecule has 0 spiro atoms. The van der Waals surface area contributed by atoms with Gasteiger partial charge in [-0.3, -0.25) is 38.5 Å². The van der Waals surface area contributed by atoms with Crippen LogP contribution in [0, 0.1) is 29.6 Å². The predicted octanol–water partition coefficient (Wildman–Crippen LogP) is 3.42. The lowest BCUT2D eigenvalue weighted by molar-refractivity contribution is -0.148. The molecule has 6 amide bonds. The van der Waals surface area contributed by atoms with Gasteiger partial charge < -0.3 is 50.4 Å². The Labute approximate surface area is 422 Å². The van der Waals surface area contributed by atoms with Crippen molar-refractivity contribution in [3.63, 3.8) is 0 Å². The van der Waals surface area contributed by atoms with Gasteiger partial charge in [-0.15, -0.1) is 0 Å². The summed E-state index contributed by atoms with van der Waals surface area (Å²) in [4.78, 5) is 111. The number of nitrogens with zero attached hydrogens (tertiary/aromatic N) is 3. The van der Waals surface area contributed by atoms with Gasteiger partial charge in [0.25, 0.3) is 0 Å². The Balaban J connectivity index is 2.18. The first kappa shape index (κ1) is 62.0. The number of rotatable bonds is 31. The summed E-state index contributed by atoms with van der Waals surface area (Å²) in [5.41, 5.74) is 0.808. The van der Waals surface area contributed by atoms with Gasteiger partial charge >= 0.3 is 11.9 Å². The number of amides is 6. The zero-order valence-electron chi connectivity index (χ0n) is 45.0. The van der Waals surface area contributed by atoms with Crippen LogP contribution >= 0.6 is 0 Å². The normalized spacial score (nSPS) is 18.0. The summed E-state index contributed by atoms with van der Waals surface area (Å²) >= 11 is 0. The second kappa shape index (κ2) is 30.7. The minimum Gasteiger partial charge on any atom is -0.481 e. The van der Waals surface area contributed by atoms with Crippen LogP contribution in [-0.2, 0) is 59.0 Å². The summed E-state index contributed by atoms with van der Waals surface area (Å²) < 4.78 is 17.4. The van der Waals surface area contributed by atoms with Crippen LogP contribution in [0.1, 0.15) is 113 Å². The average Bonchev–Trinajstić information content (AvgIpc) is 3.81. The van der Waals surface area contributed by atoms with Gasteiger partial charge in [-0.2, -0.15) is 0 Å². The van der Waals surface area contributed by atoms with E-state index in [2.05, 4.69) is 21.3 Å². The quantitative estimate of drug-likeness (QED) is 0.0530. The molecular weight excluding hydrogens is 915 g/mol. The van der Waals surface area contributed by atoms with Crippen LogP contribution in [0.2, 0.25) is 0 Å². The van der Waals surface area contributed by atoms with E-state index < -0.39 is 90.0 Å². The lowest BCUT2D eigenvalue weighted by Gasteiger charge is -2.41. The summed E-state index contributed by atoms with van der Waals surface area (Å²) in [5, 5.41) is 20.3. The van der Waals surface area contributed by atoms with E-state index in [9.17, 15) is 38.4 Å². The average molecular weight is 1000 g/mol. The van der Waals surface area contributed by atoms with Gasteiger partial charge in [0.05, 0.1) is 55.2 Å². The first-order valence-corrected chi connectivity index (χ1v) is 25.3. The highest BCUT2D eigenvalue weighted by molar-refractivity contribution is 5.91. The first-order valence-electron chi connectivity index (χ1n) is 25.3. The SMILES string of the molecule is CC[C@H](C)[C@@H]([C@@H](CC(=O)N1CCC[C@H]1[C@H](OC)[C@@H](C)C(=O)N[C@@H](Cc1ccccc1)C(=O)NCCCOC(=O)C(C)NC(=O)CCC(C)C(=O)O)OC)N(C)C(=O)C(NC(=O)[C@H](C(C)C)N(C)C)C(C)C. The van der Waals surface area contributed by atoms with Crippen LogP contribution in [0.25, 0.3) is 0 Å². The number of nitrogens with one attached hydrogen (secondary N) is 4. The summed E-state index contributed by atoms with van der Waals surface area (Å²) in [6, 6.07) is 5.04. The number of benzene rings is 1. The van der Waals surface area contributed by atoms with Crippen molar-refractivity contribution in [2.45, 2.75) is 162 Å². The summed E-state index contributed by atoms with van der Waals surface area (Å²) in [6.45, 7) is 16.9. The fourth-order valence-corrected chi connectivity index (χ4v) is 9.32. The summed E-state index contributed by atoms with van der Waals surface area (Å²) in [6.07, 6.45) is 0.951. The van der Waals surface area contributed by atoms with E-state index >= 15 is 0 Å². The minimum atomic E-state index is -1.01. The molecular formula is C52H87N7O12. The van der Waals surface area contributed by atoms with E-state index in [1.807, 2.05) is 90.9 Å². The monoisotopic (exact) mass is 1000 g/mol. The number of carbonyl (C=O) groups is 8. The predicted molar refractivity (Wildman–Crippen MR) is 270 cm³/mol. The molecule has 71 heavy (non-hydrogen) atoms. The summed E-state index contributed by atoms with van der Waals surface area (Å²) in [5.74, 6) is -5.57. The number of esters is 1. The van der Waals surface area contributed by atoms with Gasteiger partial charge in [0, 0.05) is 47.2 Å². The van der Waals surface area contributed by atoms with Gasteiger partial charge in [-0.25, -0.2) is 4.79 Å². The second-order valence-electron chi connectivity index (χ2n) is 20.1. The standard InChI is InChI=1S/C52H87N7O12/c1-15-33(6)45(58(12)50(65)43(31(2)3)56-49(64)44(32(4)5)57(10)11)40(69-13)30-42(61)59-27-19-23-39(59)46(70-14)35(8)47(62)55-38(29-37-21-17-16-18-22-37)48(63)53-26-20-28-71-52(68)36(9)54-41(60)25-24-34(7)51(66)67/h16-18,21-22,31-36,38-40,43-46H,15,19-20,23-30H2,1-14H3,(H,53,63)(H,54,60)(H,55,62)(H,56,64)(H,66,67)/t33-,34?,35+,36?,38-,39-,40+,43?,44-,45-,46+/m0/s1. The molecule has 2 rings (SSSR count). The number of carboxylic acids is 1. The maximum Gasteiger partial charge on any atom is 0.328 e. The third-order valence-corrected chi connectivity index (χ3v) is 13.7. The molecule has 5 N–H and O–H groups in total. The van der Waals surface area contributed by atoms with Crippen molar-refractivity contribution in [3.8, 4) is 0 Å². The van der Waals surface area contributed by atoms with Crippen molar-refractivity contribution in [1.29, 1.82) is 0 Å². The Morgan fingerprint density at radius 3 is 2.03 bits per heavy atom. The highest BCUT2D eigenvalue weighted by Crippen LogP contribution is 2.30. The molecule has 0 radical (unpaired) electrons. The zero-order valence-corrected chi connectivity index (χ0v) is 45.0. The zero-order chi connectivity index (χ0) is 53.7. The molecule has 11 atom stereocenters. The molecule has 402 valence electrons. The molecule has 3 unspecified atom stereocenters. The number of methoxy groups -OCH3 is 2. The number of aliphatic carboxylic acids is 1. The molecule has 1 fully saturated rings. The fourth-order valence-electron chi connectivity index (χ4n) is 9.32. The number of carboxylic acid groups (broad SMARTS) is 1. The van der Waals surface area contributed by atoms with Gasteiger partial charge in [-0.1, -0.05) is 92.1 Å². The Hall–Kier alpha value is -5.14. The van der Waals surface area contributed by atoms with Gasteiger partial charge in [-0.05, 0) is 70.0 Å². The van der Waals surface area contributed by atoms with Gasteiger partial charge in [0.1, 0.15) is 18.1 Å². The molecule has 19 heteroatoms. The Kier molecular flexibility index (Phi) is 26.8. The van der Waals surface area contributed by atoms with Gasteiger partial charge in [0.15, 0.2) is 0 Å². The molecule has 19 nitrogen and oxygen atoms in total. The number of hydrogen-bond donors (Lipinski definition) is 5. The molecule has 0 saturated carbocycles. The van der Waals surface area contributed by atoms with Crippen LogP contribution in [0.5, 0.6) is 0 Å². The van der Waals surface area contributed by atoms with Crippen LogP contribution in [0.3, 0.4) is 0 Å². The lowest BCUT2D eigenvalue weighted by atomic mass is 9.89. The molecule has 0 aromatic heterocycles. The molecule has 1 heterocycles. The lowest BCUT2D eigenvalue weighted by Crippen LogP contribution is -2.59. The third kappa shape index (κ3) is 19.1. The van der Waals surface area contributed by atoms with Crippen molar-refractivity contribution in [2.75, 3.05) is 55.1 Å². The third-order valence-electron chi connectivity index (χ3n) is 13.7. The number of hydrogen-bond acceptors (Lipinski definition) is 12. The van der Waals surface area contributed by atoms with Crippen LogP contribution in [0.15, 0.2) is 30.3 Å². The van der Waals surface area contributed by atoms with Crippen molar-refractivity contribution in [2.24, 2.45) is 29.6 Å². The number of carbonyl (C=O) groups excluding carboxylic acids is 7. The van der Waals surface area contributed by atoms with E-state index in [1.165, 1.54) is 28.1 Å². The maximum atomic E-state index is 14.4. The minimum absolute atomic E-state index is 0.00986. The van der Waals surface area contributed by atoms with Crippen LogP contribution in [0.4, 0.5) is 0 Å². The number of ether oxygens (including phenoxy) is 3. The van der Waals surface area contributed by atoms with E-state index in [0.29, 0.717) is 25.8 Å². The largest absolute Gasteiger partial charge is 0.481 e. The van der Waals surface area contributed by atoms with Crippen LogP contribution < -0.4 is 21.3 Å². The van der Waals surface area contributed by atoms with Crippen molar-refractivity contribution >= 4 is 47.4 Å². The highest BCUT2D eigenvalue weighted by atomic mass is 16.5. The maximum absolute atomic E-state index is 14.4. The molecule has 1 saturated heterocycles. The summed E-state index contributed by atoms with van der Waals surface area (Å²) in [7, 11) is 8.41. The Morgan fingerprint density at radius 1 is 0.831 bits per heavy atom. The Morgan fingerprint density at radius 2 is 1.48 bits per heavy atom. The molecule has 1 aromatic carbocycles.